The number of hydrogen-bond acceptors (Lipinski definition) is 3. The Labute approximate surface area is 121 Å². The quantitative estimate of drug-likeness (QED) is 0.603. The zero-order valence-corrected chi connectivity index (χ0v) is 12.4. The van der Waals surface area contributed by atoms with Crippen LogP contribution in [0.25, 0.3) is 0 Å². The van der Waals surface area contributed by atoms with Crippen molar-refractivity contribution in [2.75, 3.05) is 13.1 Å². The molecule has 4 nitrogen and oxygen atoms in total. The van der Waals surface area contributed by atoms with Gasteiger partial charge in [0.05, 0.1) is 6.10 Å². The fraction of sp³-hybridized carbons (Fsp3) is 0.562. The topological polar surface area (TPSA) is 75.3 Å². The number of benzene rings is 1. The van der Waals surface area contributed by atoms with Crippen LogP contribution in [-0.2, 0) is 11.2 Å². The first-order chi connectivity index (χ1) is 9.49. The van der Waals surface area contributed by atoms with Crippen molar-refractivity contribution >= 4 is 5.91 Å². The predicted molar refractivity (Wildman–Crippen MR) is 81.2 cm³/mol. The fourth-order valence-electron chi connectivity index (χ4n) is 2.09. The summed E-state index contributed by atoms with van der Waals surface area (Å²) in [6.07, 6.45) is 1.63. The third kappa shape index (κ3) is 6.68. The van der Waals surface area contributed by atoms with Gasteiger partial charge in [0.15, 0.2) is 0 Å². The lowest BCUT2D eigenvalue weighted by Crippen LogP contribution is -2.23. The molecule has 0 saturated heterocycles. The van der Waals surface area contributed by atoms with Gasteiger partial charge < -0.3 is 16.2 Å². The number of aliphatic hydroxyl groups excluding tert-OH is 1. The van der Waals surface area contributed by atoms with Crippen molar-refractivity contribution in [3.05, 3.63) is 35.4 Å². The van der Waals surface area contributed by atoms with E-state index in [1.54, 1.807) is 0 Å². The number of hydrogen-bond donors (Lipinski definition) is 3. The summed E-state index contributed by atoms with van der Waals surface area (Å²) >= 11 is 0. The standard InChI is InChI=1S/C16H26N2O2/c1-12(2)10-13-5-7-14(8-6-13)15(19)11-18-9-3-4-16(17)20/h5-8,12,15,18-19H,3-4,9-11H2,1-2H3,(H2,17,20). The SMILES string of the molecule is CC(C)Cc1ccc(C(O)CNCCCC(N)=O)cc1. The van der Waals surface area contributed by atoms with Gasteiger partial charge in [-0.3, -0.25) is 4.79 Å². The first-order valence-corrected chi connectivity index (χ1v) is 7.25. The minimum absolute atomic E-state index is 0.284. The normalized spacial score (nSPS) is 12.6. The lowest BCUT2D eigenvalue weighted by Gasteiger charge is -2.13. The molecular formula is C16H26N2O2. The molecule has 0 aliphatic rings. The van der Waals surface area contributed by atoms with Gasteiger partial charge in [0.2, 0.25) is 5.91 Å². The van der Waals surface area contributed by atoms with Crippen molar-refractivity contribution in [2.45, 2.75) is 39.2 Å². The van der Waals surface area contributed by atoms with Gasteiger partial charge in [0, 0.05) is 13.0 Å². The van der Waals surface area contributed by atoms with Crippen LogP contribution < -0.4 is 11.1 Å². The van der Waals surface area contributed by atoms with E-state index in [0.29, 0.717) is 31.8 Å². The molecular weight excluding hydrogens is 252 g/mol. The summed E-state index contributed by atoms with van der Waals surface area (Å²) in [4.78, 5) is 10.6. The third-order valence-electron chi connectivity index (χ3n) is 3.12. The van der Waals surface area contributed by atoms with E-state index in [1.807, 2.05) is 12.1 Å². The molecule has 0 fully saturated rings. The smallest absolute Gasteiger partial charge is 0.217 e. The van der Waals surface area contributed by atoms with Crippen LogP contribution in [0.5, 0.6) is 0 Å². The molecule has 1 aromatic rings. The highest BCUT2D eigenvalue weighted by atomic mass is 16.3. The Bertz CT molecular complexity index is 401. The average Bonchev–Trinajstić information content (AvgIpc) is 2.38. The summed E-state index contributed by atoms with van der Waals surface area (Å²) in [6, 6.07) is 8.11. The summed E-state index contributed by atoms with van der Waals surface area (Å²) in [5.74, 6) is 0.353. The average molecular weight is 278 g/mol. The van der Waals surface area contributed by atoms with Crippen molar-refractivity contribution in [3.63, 3.8) is 0 Å². The van der Waals surface area contributed by atoms with Gasteiger partial charge in [-0.15, -0.1) is 0 Å². The highest BCUT2D eigenvalue weighted by Crippen LogP contribution is 2.15. The van der Waals surface area contributed by atoms with Crippen LogP contribution in [0.1, 0.15) is 43.9 Å². The Balaban J connectivity index is 2.32. The second kappa shape index (κ2) is 8.72. The van der Waals surface area contributed by atoms with E-state index in [-0.39, 0.29) is 5.91 Å². The van der Waals surface area contributed by atoms with Gasteiger partial charge in [-0.2, -0.15) is 0 Å². The number of nitrogens with two attached hydrogens (primary N) is 1. The molecule has 0 aromatic heterocycles. The first kappa shape index (κ1) is 16.7. The van der Waals surface area contributed by atoms with Crippen LogP contribution in [0.4, 0.5) is 0 Å². The second-order valence-corrected chi connectivity index (χ2v) is 5.63. The second-order valence-electron chi connectivity index (χ2n) is 5.63. The molecule has 0 heterocycles. The summed E-state index contributed by atoms with van der Waals surface area (Å²) in [6.45, 7) is 5.56. The Kier molecular flexibility index (Phi) is 7.26. The maximum Gasteiger partial charge on any atom is 0.217 e. The van der Waals surface area contributed by atoms with Crippen molar-refractivity contribution in [1.29, 1.82) is 0 Å². The zero-order chi connectivity index (χ0) is 15.0. The highest BCUT2D eigenvalue weighted by Gasteiger charge is 2.07. The summed E-state index contributed by atoms with van der Waals surface area (Å²) < 4.78 is 0. The molecule has 1 atom stereocenters. The van der Waals surface area contributed by atoms with Crippen molar-refractivity contribution in [2.24, 2.45) is 11.7 Å². The van der Waals surface area contributed by atoms with E-state index in [0.717, 1.165) is 12.0 Å². The minimum Gasteiger partial charge on any atom is -0.387 e. The van der Waals surface area contributed by atoms with Crippen molar-refractivity contribution in [1.82, 2.24) is 5.32 Å². The van der Waals surface area contributed by atoms with E-state index in [9.17, 15) is 9.90 Å². The van der Waals surface area contributed by atoms with Gasteiger partial charge in [0.1, 0.15) is 0 Å². The number of amides is 1. The van der Waals surface area contributed by atoms with Crippen LogP contribution in [0, 0.1) is 5.92 Å². The fourth-order valence-corrected chi connectivity index (χ4v) is 2.09. The maximum absolute atomic E-state index is 10.6. The molecule has 4 N–H and O–H groups in total. The number of primary amides is 1. The molecule has 112 valence electrons. The molecule has 0 saturated carbocycles. The third-order valence-corrected chi connectivity index (χ3v) is 3.12. The number of carbonyl (C=O) groups excluding carboxylic acids is 1. The Morgan fingerprint density at radius 1 is 1.30 bits per heavy atom. The van der Waals surface area contributed by atoms with E-state index in [1.165, 1.54) is 5.56 Å². The molecule has 0 aliphatic carbocycles. The molecule has 0 radical (unpaired) electrons. The number of aliphatic hydroxyl groups is 1. The Morgan fingerprint density at radius 3 is 2.50 bits per heavy atom. The molecule has 1 rings (SSSR count). The van der Waals surface area contributed by atoms with Crippen molar-refractivity contribution < 1.29 is 9.90 Å². The molecule has 0 aliphatic heterocycles. The first-order valence-electron chi connectivity index (χ1n) is 7.25. The maximum atomic E-state index is 10.6. The Morgan fingerprint density at radius 2 is 1.95 bits per heavy atom. The van der Waals surface area contributed by atoms with Crippen molar-refractivity contribution in [3.8, 4) is 0 Å². The lowest BCUT2D eigenvalue weighted by molar-refractivity contribution is -0.118. The van der Waals surface area contributed by atoms with E-state index < -0.39 is 6.10 Å². The summed E-state index contributed by atoms with van der Waals surface area (Å²) in [5.41, 5.74) is 7.27. The highest BCUT2D eigenvalue weighted by molar-refractivity contribution is 5.73. The van der Waals surface area contributed by atoms with E-state index in [4.69, 9.17) is 5.73 Å². The summed E-state index contributed by atoms with van der Waals surface area (Å²) in [5, 5.41) is 13.2. The molecule has 0 bridgehead atoms. The van der Waals surface area contributed by atoms with Gasteiger partial charge in [-0.25, -0.2) is 0 Å². The van der Waals surface area contributed by atoms with Gasteiger partial charge in [-0.1, -0.05) is 38.1 Å². The molecule has 20 heavy (non-hydrogen) atoms. The monoisotopic (exact) mass is 278 g/mol. The molecule has 1 unspecified atom stereocenters. The summed E-state index contributed by atoms with van der Waals surface area (Å²) in [7, 11) is 0. The number of rotatable bonds is 9. The van der Waals surface area contributed by atoms with Crippen LogP contribution in [0.3, 0.4) is 0 Å². The van der Waals surface area contributed by atoms with Crippen LogP contribution >= 0.6 is 0 Å². The molecule has 0 spiro atoms. The number of carbonyl (C=O) groups is 1. The minimum atomic E-state index is -0.517. The lowest BCUT2D eigenvalue weighted by atomic mass is 10.0. The Hall–Kier alpha value is -1.39. The van der Waals surface area contributed by atoms with Crippen LogP contribution in [0.2, 0.25) is 0 Å². The van der Waals surface area contributed by atoms with Gasteiger partial charge in [0.25, 0.3) is 0 Å². The van der Waals surface area contributed by atoms with E-state index in [2.05, 4.69) is 31.3 Å². The zero-order valence-electron chi connectivity index (χ0n) is 12.4. The van der Waals surface area contributed by atoms with Crippen LogP contribution in [0.15, 0.2) is 24.3 Å². The molecule has 1 aromatic carbocycles. The molecule has 4 heteroatoms. The van der Waals surface area contributed by atoms with Gasteiger partial charge in [-0.05, 0) is 36.4 Å². The molecule has 1 amide bonds. The predicted octanol–water partition coefficient (Wildman–Crippen LogP) is 1.77. The van der Waals surface area contributed by atoms with Gasteiger partial charge >= 0.3 is 0 Å². The largest absolute Gasteiger partial charge is 0.387 e. The number of nitrogens with one attached hydrogen (secondary N) is 1. The van der Waals surface area contributed by atoms with Crippen LogP contribution in [-0.4, -0.2) is 24.1 Å². The van der Waals surface area contributed by atoms with E-state index >= 15 is 0 Å².